The number of aromatic nitrogens is 4. The summed E-state index contributed by atoms with van der Waals surface area (Å²) in [5.74, 6) is 0.00370. The summed E-state index contributed by atoms with van der Waals surface area (Å²) in [4.78, 5) is 24.9. The van der Waals surface area contributed by atoms with Gasteiger partial charge in [-0.25, -0.2) is 4.79 Å². The minimum absolute atomic E-state index is 0.0716. The van der Waals surface area contributed by atoms with Crippen molar-refractivity contribution in [1.29, 1.82) is 0 Å². The van der Waals surface area contributed by atoms with Crippen molar-refractivity contribution in [3.05, 3.63) is 36.2 Å². The summed E-state index contributed by atoms with van der Waals surface area (Å²) in [6.45, 7) is 1.77. The standard InChI is InChI=1S/C15H16N6O3/c1-9-5-10-6-11(16)3-4-12(10)21(9)14(22)8-20-17-7-13(19-20)18-15(23)24-2/h3-7H,8,16H2,1-2H3,(H,18,19,23). The lowest BCUT2D eigenvalue weighted by Gasteiger charge is -2.06. The van der Waals surface area contributed by atoms with Gasteiger partial charge < -0.3 is 10.5 Å². The molecule has 0 saturated heterocycles. The van der Waals surface area contributed by atoms with Crippen molar-refractivity contribution in [3.63, 3.8) is 0 Å². The van der Waals surface area contributed by atoms with Crippen molar-refractivity contribution >= 4 is 34.4 Å². The molecule has 3 aromatic rings. The van der Waals surface area contributed by atoms with Crippen LogP contribution in [0.1, 0.15) is 10.5 Å². The van der Waals surface area contributed by atoms with E-state index >= 15 is 0 Å². The average molecular weight is 328 g/mol. The van der Waals surface area contributed by atoms with Crippen molar-refractivity contribution in [2.75, 3.05) is 18.2 Å². The van der Waals surface area contributed by atoms with E-state index in [0.29, 0.717) is 5.69 Å². The summed E-state index contributed by atoms with van der Waals surface area (Å²) in [7, 11) is 1.25. The Labute approximate surface area is 137 Å². The number of rotatable bonds is 3. The Morgan fingerprint density at radius 3 is 2.88 bits per heavy atom. The third kappa shape index (κ3) is 2.91. The van der Waals surface area contributed by atoms with Gasteiger partial charge in [0.05, 0.1) is 18.8 Å². The SMILES string of the molecule is COC(=O)Nc1cnn(CC(=O)n2c(C)cc3cc(N)ccc32)n1. The van der Waals surface area contributed by atoms with Gasteiger partial charge in [0.25, 0.3) is 5.91 Å². The lowest BCUT2D eigenvalue weighted by Crippen LogP contribution is -2.20. The van der Waals surface area contributed by atoms with Gasteiger partial charge in [-0.3, -0.25) is 14.7 Å². The molecule has 124 valence electrons. The summed E-state index contributed by atoms with van der Waals surface area (Å²) < 4.78 is 6.06. The number of nitrogens with two attached hydrogens (primary N) is 1. The Balaban J connectivity index is 1.83. The number of aryl methyl sites for hydroxylation is 1. The Kier molecular flexibility index (Phi) is 3.90. The lowest BCUT2D eigenvalue weighted by atomic mass is 10.2. The molecule has 0 aliphatic rings. The van der Waals surface area contributed by atoms with Crippen LogP contribution in [0.4, 0.5) is 16.3 Å². The summed E-state index contributed by atoms with van der Waals surface area (Å²) in [6, 6.07) is 7.26. The second-order valence-electron chi connectivity index (χ2n) is 5.21. The van der Waals surface area contributed by atoms with Crippen molar-refractivity contribution in [3.8, 4) is 0 Å². The number of hydrogen-bond acceptors (Lipinski definition) is 6. The largest absolute Gasteiger partial charge is 0.453 e. The number of carbonyl (C=O) groups excluding carboxylic acids is 2. The molecule has 9 nitrogen and oxygen atoms in total. The fourth-order valence-electron chi connectivity index (χ4n) is 2.48. The second-order valence-corrected chi connectivity index (χ2v) is 5.21. The van der Waals surface area contributed by atoms with Crippen LogP contribution < -0.4 is 11.1 Å². The smallest absolute Gasteiger partial charge is 0.412 e. The number of anilines is 2. The molecule has 0 atom stereocenters. The molecule has 0 saturated carbocycles. The molecule has 2 aromatic heterocycles. The molecule has 0 radical (unpaired) electrons. The van der Waals surface area contributed by atoms with Crippen LogP contribution in [0.2, 0.25) is 0 Å². The van der Waals surface area contributed by atoms with Gasteiger partial charge in [-0.15, -0.1) is 5.10 Å². The van der Waals surface area contributed by atoms with Crippen LogP contribution >= 0.6 is 0 Å². The van der Waals surface area contributed by atoms with Gasteiger partial charge in [0, 0.05) is 16.8 Å². The van der Waals surface area contributed by atoms with Crippen LogP contribution in [0.5, 0.6) is 0 Å². The quantitative estimate of drug-likeness (QED) is 0.706. The highest BCUT2D eigenvalue weighted by Gasteiger charge is 2.15. The van der Waals surface area contributed by atoms with Crippen molar-refractivity contribution in [1.82, 2.24) is 19.6 Å². The Morgan fingerprint density at radius 1 is 1.33 bits per heavy atom. The number of nitrogen functional groups attached to an aromatic ring is 1. The summed E-state index contributed by atoms with van der Waals surface area (Å²) >= 11 is 0. The molecule has 0 aliphatic heterocycles. The van der Waals surface area contributed by atoms with Gasteiger partial charge in [0.2, 0.25) is 0 Å². The molecular weight excluding hydrogens is 312 g/mol. The van der Waals surface area contributed by atoms with Crippen molar-refractivity contribution in [2.24, 2.45) is 0 Å². The minimum Gasteiger partial charge on any atom is -0.453 e. The predicted octanol–water partition coefficient (Wildman–Crippen LogP) is 1.64. The highest BCUT2D eigenvalue weighted by molar-refractivity contribution is 5.94. The molecule has 1 amide bonds. The van der Waals surface area contributed by atoms with E-state index in [0.717, 1.165) is 16.6 Å². The lowest BCUT2D eigenvalue weighted by molar-refractivity contribution is 0.0884. The van der Waals surface area contributed by atoms with Crippen LogP contribution in [-0.4, -0.2) is 38.7 Å². The van der Waals surface area contributed by atoms with Gasteiger partial charge >= 0.3 is 6.09 Å². The number of nitrogens with zero attached hydrogens (tertiary/aromatic N) is 4. The topological polar surface area (TPSA) is 117 Å². The number of fused-ring (bicyclic) bond motifs is 1. The first-order chi connectivity index (χ1) is 11.5. The maximum absolute atomic E-state index is 12.6. The molecule has 0 unspecified atom stereocenters. The Bertz CT molecular complexity index is 927. The van der Waals surface area contributed by atoms with E-state index in [4.69, 9.17) is 5.73 Å². The first kappa shape index (κ1) is 15.5. The van der Waals surface area contributed by atoms with E-state index in [2.05, 4.69) is 20.3 Å². The molecule has 9 heteroatoms. The zero-order chi connectivity index (χ0) is 17.3. The zero-order valence-electron chi connectivity index (χ0n) is 13.2. The van der Waals surface area contributed by atoms with Gasteiger partial charge in [0.15, 0.2) is 5.82 Å². The molecule has 0 fully saturated rings. The van der Waals surface area contributed by atoms with Crippen LogP contribution in [0.15, 0.2) is 30.5 Å². The molecule has 1 aromatic carbocycles. The third-order valence-electron chi connectivity index (χ3n) is 3.49. The number of amides is 1. The van der Waals surface area contributed by atoms with Gasteiger partial charge in [0.1, 0.15) is 6.54 Å². The van der Waals surface area contributed by atoms with Crippen LogP contribution in [0.25, 0.3) is 10.9 Å². The average Bonchev–Trinajstić information content (AvgIpc) is 3.09. The minimum atomic E-state index is -0.654. The molecule has 3 rings (SSSR count). The fourth-order valence-corrected chi connectivity index (χ4v) is 2.48. The van der Waals surface area contributed by atoms with Gasteiger partial charge in [-0.2, -0.15) is 9.90 Å². The predicted molar refractivity (Wildman–Crippen MR) is 87.8 cm³/mol. The van der Waals surface area contributed by atoms with Gasteiger partial charge in [-0.1, -0.05) is 0 Å². The molecule has 3 N–H and O–H groups in total. The first-order valence-corrected chi connectivity index (χ1v) is 7.14. The molecular formula is C15H16N6O3. The van der Waals surface area contributed by atoms with Crippen LogP contribution in [0, 0.1) is 6.92 Å². The van der Waals surface area contributed by atoms with Crippen LogP contribution in [-0.2, 0) is 11.3 Å². The number of methoxy groups -OCH3 is 1. The highest BCUT2D eigenvalue weighted by atomic mass is 16.5. The summed E-state index contributed by atoms with van der Waals surface area (Å²) in [6.07, 6.45) is 0.684. The molecule has 0 bridgehead atoms. The monoisotopic (exact) mass is 328 g/mol. The van der Waals surface area contributed by atoms with Crippen LogP contribution in [0.3, 0.4) is 0 Å². The van der Waals surface area contributed by atoms with Crippen molar-refractivity contribution < 1.29 is 14.3 Å². The first-order valence-electron chi connectivity index (χ1n) is 7.14. The van der Waals surface area contributed by atoms with Gasteiger partial charge in [-0.05, 0) is 31.2 Å². The summed E-state index contributed by atoms with van der Waals surface area (Å²) in [5, 5.41) is 11.2. The number of nitrogens with one attached hydrogen (secondary N) is 1. The normalized spacial score (nSPS) is 10.8. The molecule has 0 aliphatic carbocycles. The number of hydrogen-bond donors (Lipinski definition) is 2. The maximum Gasteiger partial charge on any atom is 0.412 e. The van der Waals surface area contributed by atoms with E-state index < -0.39 is 6.09 Å². The van der Waals surface area contributed by atoms with E-state index in [1.54, 1.807) is 16.7 Å². The number of carbonyl (C=O) groups is 2. The van der Waals surface area contributed by atoms with E-state index in [-0.39, 0.29) is 18.3 Å². The molecule has 0 spiro atoms. The van der Waals surface area contributed by atoms with Crippen molar-refractivity contribution in [2.45, 2.75) is 13.5 Å². The number of ether oxygens (including phenoxy) is 1. The molecule has 2 heterocycles. The second kappa shape index (κ2) is 6.03. The Morgan fingerprint density at radius 2 is 2.12 bits per heavy atom. The van der Waals surface area contributed by atoms with E-state index in [1.807, 2.05) is 19.1 Å². The van der Waals surface area contributed by atoms with E-state index in [1.165, 1.54) is 18.1 Å². The third-order valence-corrected chi connectivity index (χ3v) is 3.49. The molecule has 24 heavy (non-hydrogen) atoms. The number of benzene rings is 1. The highest BCUT2D eigenvalue weighted by Crippen LogP contribution is 2.22. The Hall–Kier alpha value is -3.36. The zero-order valence-corrected chi connectivity index (χ0v) is 13.2. The fraction of sp³-hybridized carbons (Fsp3) is 0.200. The summed E-state index contributed by atoms with van der Waals surface area (Å²) in [5.41, 5.74) is 7.97. The van der Waals surface area contributed by atoms with E-state index in [9.17, 15) is 9.59 Å². The maximum atomic E-state index is 12.6.